The van der Waals surface area contributed by atoms with E-state index in [0.29, 0.717) is 0 Å². The Hall–Kier alpha value is -1.28. The number of furan rings is 1. The number of rotatable bonds is 1. The number of hydrogen-bond donors (Lipinski definition) is 0. The van der Waals surface area contributed by atoms with Crippen LogP contribution in [0.2, 0.25) is 0 Å². The molecule has 0 radical (unpaired) electrons. The van der Waals surface area contributed by atoms with Crippen molar-refractivity contribution in [2.45, 2.75) is 18.9 Å². The fourth-order valence-corrected chi connectivity index (χ4v) is 1.65. The lowest BCUT2D eigenvalue weighted by atomic mass is 9.98. The Balaban J connectivity index is 2.25. The minimum Gasteiger partial charge on any atom is -0.472 e. The molecule has 1 saturated heterocycles. The molecular formula is C12H14O2. The first-order chi connectivity index (χ1) is 6.79. The van der Waals surface area contributed by atoms with Crippen molar-refractivity contribution < 1.29 is 9.15 Å². The lowest BCUT2D eigenvalue weighted by Gasteiger charge is -2.16. The minimum atomic E-state index is -0.0660. The van der Waals surface area contributed by atoms with E-state index in [1.165, 1.54) is 0 Å². The average molecular weight is 190 g/mol. The van der Waals surface area contributed by atoms with Crippen LogP contribution < -0.4 is 0 Å². The van der Waals surface area contributed by atoms with Gasteiger partial charge in [0.25, 0.3) is 0 Å². The molecule has 1 aliphatic rings. The van der Waals surface area contributed by atoms with Gasteiger partial charge >= 0.3 is 0 Å². The van der Waals surface area contributed by atoms with Crippen LogP contribution in [0.15, 0.2) is 47.3 Å². The largest absolute Gasteiger partial charge is 0.472 e. The van der Waals surface area contributed by atoms with E-state index in [1.807, 2.05) is 6.07 Å². The van der Waals surface area contributed by atoms with Crippen molar-refractivity contribution in [3.63, 3.8) is 0 Å². The summed E-state index contributed by atoms with van der Waals surface area (Å²) in [5, 5.41) is 0. The van der Waals surface area contributed by atoms with Gasteiger partial charge in [0.1, 0.15) is 6.10 Å². The maximum absolute atomic E-state index is 5.71. The van der Waals surface area contributed by atoms with Gasteiger partial charge in [0.05, 0.1) is 12.5 Å². The zero-order chi connectivity index (χ0) is 9.97. The van der Waals surface area contributed by atoms with Crippen molar-refractivity contribution in [2.75, 3.05) is 6.61 Å². The number of ether oxygens (including phenoxy) is 1. The smallest absolute Gasteiger partial charge is 0.110 e. The quantitative estimate of drug-likeness (QED) is 0.678. The van der Waals surface area contributed by atoms with Crippen molar-refractivity contribution in [2.24, 2.45) is 0 Å². The predicted molar refractivity (Wildman–Crippen MR) is 54.9 cm³/mol. The molecule has 1 aromatic heterocycles. The van der Waals surface area contributed by atoms with Crippen molar-refractivity contribution in [1.29, 1.82) is 0 Å². The highest BCUT2D eigenvalue weighted by Gasteiger charge is 2.21. The standard InChI is InChI=1S/C12H14O2/c1-9-4-3-6-14-12(10(9)2)11-5-7-13-8-11/h5,7-8,12H,1-4,6H2. The second-order valence-electron chi connectivity index (χ2n) is 3.54. The maximum Gasteiger partial charge on any atom is 0.110 e. The molecule has 0 N–H and O–H groups in total. The van der Waals surface area contributed by atoms with Crippen LogP contribution >= 0.6 is 0 Å². The fraction of sp³-hybridized carbons (Fsp3) is 0.333. The molecule has 0 aliphatic carbocycles. The van der Waals surface area contributed by atoms with E-state index >= 15 is 0 Å². The van der Waals surface area contributed by atoms with E-state index < -0.39 is 0 Å². The Bertz CT molecular complexity index is 335. The van der Waals surface area contributed by atoms with Crippen LogP contribution in [0.1, 0.15) is 24.5 Å². The topological polar surface area (TPSA) is 22.4 Å². The first-order valence-electron chi connectivity index (χ1n) is 4.79. The molecule has 0 amide bonds. The third-order valence-corrected chi connectivity index (χ3v) is 2.52. The van der Waals surface area contributed by atoms with Gasteiger partial charge in [-0.25, -0.2) is 0 Å². The van der Waals surface area contributed by atoms with E-state index in [4.69, 9.17) is 9.15 Å². The first kappa shape index (κ1) is 9.28. The van der Waals surface area contributed by atoms with Gasteiger partial charge in [-0.2, -0.15) is 0 Å². The normalized spacial score (nSPS) is 23.6. The molecule has 0 aromatic carbocycles. The monoisotopic (exact) mass is 190 g/mol. The second-order valence-corrected chi connectivity index (χ2v) is 3.54. The van der Waals surface area contributed by atoms with E-state index in [1.54, 1.807) is 12.5 Å². The van der Waals surface area contributed by atoms with Gasteiger partial charge in [-0.3, -0.25) is 0 Å². The molecule has 2 heterocycles. The zero-order valence-electron chi connectivity index (χ0n) is 8.16. The molecule has 0 bridgehead atoms. The van der Waals surface area contributed by atoms with Gasteiger partial charge in [0, 0.05) is 12.2 Å². The summed E-state index contributed by atoms with van der Waals surface area (Å²) in [5.41, 5.74) is 3.09. The third-order valence-electron chi connectivity index (χ3n) is 2.52. The Labute approximate surface area is 83.9 Å². The van der Waals surface area contributed by atoms with Gasteiger partial charge in [0.2, 0.25) is 0 Å². The number of hydrogen-bond acceptors (Lipinski definition) is 2. The maximum atomic E-state index is 5.71. The zero-order valence-corrected chi connectivity index (χ0v) is 8.16. The summed E-state index contributed by atoms with van der Waals surface area (Å²) in [4.78, 5) is 0. The van der Waals surface area contributed by atoms with Gasteiger partial charge in [0.15, 0.2) is 0 Å². The highest BCUT2D eigenvalue weighted by atomic mass is 16.5. The summed E-state index contributed by atoms with van der Waals surface area (Å²) in [7, 11) is 0. The summed E-state index contributed by atoms with van der Waals surface area (Å²) in [6.07, 6.45) is 5.29. The van der Waals surface area contributed by atoms with Crippen LogP contribution in [-0.4, -0.2) is 6.61 Å². The molecule has 1 aromatic rings. The van der Waals surface area contributed by atoms with Gasteiger partial charge in [-0.05, 0) is 30.1 Å². The lowest BCUT2D eigenvalue weighted by molar-refractivity contribution is 0.0844. The van der Waals surface area contributed by atoms with E-state index in [9.17, 15) is 0 Å². The highest BCUT2D eigenvalue weighted by Crippen LogP contribution is 2.33. The Morgan fingerprint density at radius 1 is 1.36 bits per heavy atom. The van der Waals surface area contributed by atoms with Crippen molar-refractivity contribution in [3.8, 4) is 0 Å². The van der Waals surface area contributed by atoms with Crippen LogP contribution in [0.3, 0.4) is 0 Å². The molecule has 0 saturated carbocycles. The summed E-state index contributed by atoms with van der Waals surface area (Å²) in [5.74, 6) is 0. The van der Waals surface area contributed by atoms with Crippen LogP contribution in [-0.2, 0) is 4.74 Å². The summed E-state index contributed by atoms with van der Waals surface area (Å²) >= 11 is 0. The van der Waals surface area contributed by atoms with E-state index in [-0.39, 0.29) is 6.10 Å². The molecule has 1 fully saturated rings. The van der Waals surface area contributed by atoms with E-state index in [2.05, 4.69) is 13.2 Å². The van der Waals surface area contributed by atoms with Crippen LogP contribution in [0.4, 0.5) is 0 Å². The lowest BCUT2D eigenvalue weighted by Crippen LogP contribution is -2.04. The van der Waals surface area contributed by atoms with Gasteiger partial charge in [-0.15, -0.1) is 0 Å². The average Bonchev–Trinajstić information content (AvgIpc) is 2.64. The van der Waals surface area contributed by atoms with Crippen molar-refractivity contribution >= 4 is 0 Å². The van der Waals surface area contributed by atoms with Crippen molar-refractivity contribution in [3.05, 3.63) is 48.5 Å². The molecule has 1 aliphatic heterocycles. The Kier molecular flexibility index (Phi) is 2.55. The molecule has 2 rings (SSSR count). The molecule has 0 spiro atoms. The summed E-state index contributed by atoms with van der Waals surface area (Å²) in [6.45, 7) is 8.79. The molecule has 2 nitrogen and oxygen atoms in total. The Morgan fingerprint density at radius 3 is 2.93 bits per heavy atom. The molecule has 14 heavy (non-hydrogen) atoms. The first-order valence-corrected chi connectivity index (χ1v) is 4.79. The van der Waals surface area contributed by atoms with Crippen molar-refractivity contribution in [1.82, 2.24) is 0 Å². The minimum absolute atomic E-state index is 0.0660. The van der Waals surface area contributed by atoms with Crippen LogP contribution in [0.25, 0.3) is 0 Å². The van der Waals surface area contributed by atoms with Gasteiger partial charge in [-0.1, -0.05) is 13.2 Å². The highest BCUT2D eigenvalue weighted by molar-refractivity contribution is 5.35. The summed E-state index contributed by atoms with van der Waals surface area (Å²) in [6, 6.07) is 1.91. The molecule has 1 unspecified atom stereocenters. The molecule has 2 heteroatoms. The molecule has 74 valence electrons. The van der Waals surface area contributed by atoms with Crippen LogP contribution in [0.5, 0.6) is 0 Å². The van der Waals surface area contributed by atoms with E-state index in [0.717, 1.165) is 36.2 Å². The second kappa shape index (κ2) is 3.84. The SMILES string of the molecule is C=C1CCCOC(c2ccoc2)C1=C. The molecule has 1 atom stereocenters. The van der Waals surface area contributed by atoms with Gasteiger partial charge < -0.3 is 9.15 Å². The predicted octanol–water partition coefficient (Wildman–Crippen LogP) is 3.24. The molecular weight excluding hydrogens is 176 g/mol. The fourth-order valence-electron chi connectivity index (χ4n) is 1.65. The summed E-state index contributed by atoms with van der Waals surface area (Å²) < 4.78 is 10.8. The third kappa shape index (κ3) is 1.66. The Morgan fingerprint density at radius 2 is 2.21 bits per heavy atom. The van der Waals surface area contributed by atoms with Crippen LogP contribution in [0, 0.1) is 0 Å².